The number of nitrogens with zero attached hydrogens (tertiary/aromatic N) is 1. The molecule has 8 heteroatoms. The normalized spacial score (nSPS) is 15.9. The molecule has 0 saturated heterocycles. The molecule has 0 atom stereocenters. The molecule has 0 bridgehead atoms. The van der Waals surface area contributed by atoms with Gasteiger partial charge in [0.25, 0.3) is 5.56 Å². The topological polar surface area (TPSA) is 74.8 Å². The minimum Gasteiger partial charge on any atom is -0.355 e. The summed E-state index contributed by atoms with van der Waals surface area (Å²) in [6, 6.07) is 15.9. The number of rotatable bonds is 5. The molecule has 2 N–H and O–H groups in total. The van der Waals surface area contributed by atoms with Crippen LogP contribution in [0.25, 0.3) is 21.8 Å². The second-order valence-corrected chi connectivity index (χ2v) is 9.14. The maximum Gasteiger partial charge on any atom is 0.401 e. The molecule has 0 amide bonds. The maximum absolute atomic E-state index is 13.9. The zero-order valence-electron chi connectivity index (χ0n) is 18.9. The summed E-state index contributed by atoms with van der Waals surface area (Å²) in [4.78, 5) is 32.3. The lowest BCUT2D eigenvalue weighted by Crippen LogP contribution is -2.47. The monoisotopic (exact) mass is 479 g/mol. The number of H-pyrrole nitrogens is 1. The number of alkyl halides is 3. The lowest BCUT2D eigenvalue weighted by molar-refractivity contribution is -0.228. The molecule has 35 heavy (non-hydrogen) atoms. The fourth-order valence-corrected chi connectivity index (χ4v) is 5.10. The van der Waals surface area contributed by atoms with Crippen molar-refractivity contribution in [1.29, 1.82) is 0 Å². The van der Waals surface area contributed by atoms with Crippen LogP contribution in [0.5, 0.6) is 0 Å². The number of halogens is 3. The number of ketones is 1. The van der Waals surface area contributed by atoms with Gasteiger partial charge in [0.1, 0.15) is 11.1 Å². The van der Waals surface area contributed by atoms with Crippen molar-refractivity contribution >= 4 is 39.0 Å². The molecule has 2 heterocycles. The van der Waals surface area contributed by atoms with E-state index in [0.29, 0.717) is 35.1 Å². The average Bonchev–Trinajstić information content (AvgIpc) is 2.85. The summed E-state index contributed by atoms with van der Waals surface area (Å²) in [6.45, 7) is 0. The van der Waals surface area contributed by atoms with Crippen molar-refractivity contribution in [2.45, 2.75) is 44.7 Å². The minimum atomic E-state index is -4.53. The van der Waals surface area contributed by atoms with E-state index in [-0.39, 0.29) is 24.8 Å². The molecule has 1 saturated carbocycles. The van der Waals surface area contributed by atoms with E-state index in [2.05, 4.69) is 15.3 Å². The van der Waals surface area contributed by atoms with Crippen molar-refractivity contribution in [2.75, 3.05) is 5.32 Å². The number of Topliss-reactive ketones (excluding diaryl/α,β-unsaturated/α-hetero) is 1. The number of aromatic nitrogens is 2. The summed E-state index contributed by atoms with van der Waals surface area (Å²) in [7, 11) is 0. The first-order chi connectivity index (χ1) is 16.8. The van der Waals surface area contributed by atoms with E-state index >= 15 is 0 Å². The first kappa shape index (κ1) is 23.1. The summed E-state index contributed by atoms with van der Waals surface area (Å²) in [6.07, 6.45) is -1.86. The molecule has 1 fully saturated rings. The van der Waals surface area contributed by atoms with E-state index < -0.39 is 17.4 Å². The van der Waals surface area contributed by atoms with E-state index in [9.17, 15) is 22.8 Å². The van der Waals surface area contributed by atoms with Crippen LogP contribution < -0.4 is 10.9 Å². The number of carbonyl (C=O) groups excluding carboxylic acids is 1. The number of nitrogens with one attached hydrogen (secondary N) is 2. The fourth-order valence-electron chi connectivity index (χ4n) is 5.10. The maximum atomic E-state index is 13.9. The second kappa shape index (κ2) is 8.83. The number of anilines is 2. The third-order valence-electron chi connectivity index (χ3n) is 7.01. The summed E-state index contributed by atoms with van der Waals surface area (Å²) in [5.41, 5.74) is -0.0242. The number of carbonyl (C=O) groups is 1. The minimum absolute atomic E-state index is 0.125. The van der Waals surface area contributed by atoms with Gasteiger partial charge in [-0.25, -0.2) is 4.98 Å². The lowest BCUT2D eigenvalue weighted by Gasteiger charge is -2.37. The summed E-state index contributed by atoms with van der Waals surface area (Å²) in [5, 5.41) is 5.37. The standard InChI is InChI=1S/C27H24F3N3O2/c28-27(29,30)26(13-4-1-5-14-26)22(34)16-17-8-10-18(11-9-17)32-21-12-15-31-24-23(21)19-6-2-3-7-20(19)25(35)33-24/h2-3,6-12,15H,1,4-5,13-14,16H2,(H2,31,32,33,35). The van der Waals surface area contributed by atoms with Gasteiger partial charge in [-0.3, -0.25) is 9.59 Å². The van der Waals surface area contributed by atoms with Crippen molar-refractivity contribution in [1.82, 2.24) is 9.97 Å². The van der Waals surface area contributed by atoms with Crippen LogP contribution in [0.1, 0.15) is 37.7 Å². The molecule has 1 aliphatic carbocycles. The molecule has 0 unspecified atom stereocenters. The van der Waals surface area contributed by atoms with Gasteiger partial charge in [0, 0.05) is 34.5 Å². The molecule has 2 aromatic heterocycles. The highest BCUT2D eigenvalue weighted by molar-refractivity contribution is 6.10. The Kier molecular flexibility index (Phi) is 5.83. The van der Waals surface area contributed by atoms with Crippen molar-refractivity contribution in [2.24, 2.45) is 5.41 Å². The van der Waals surface area contributed by atoms with Crippen LogP contribution in [0.2, 0.25) is 0 Å². The van der Waals surface area contributed by atoms with Crippen molar-refractivity contribution in [3.05, 3.63) is 76.7 Å². The second-order valence-electron chi connectivity index (χ2n) is 9.14. The van der Waals surface area contributed by atoms with Crippen LogP contribution in [0.4, 0.5) is 24.5 Å². The Morgan fingerprint density at radius 2 is 1.66 bits per heavy atom. The Bertz CT molecular complexity index is 1450. The Balaban J connectivity index is 1.41. The molecule has 1 aliphatic rings. The van der Waals surface area contributed by atoms with E-state index in [1.165, 1.54) is 0 Å². The number of benzene rings is 2. The number of fused-ring (bicyclic) bond motifs is 3. The number of hydrogen-bond donors (Lipinski definition) is 2. The van der Waals surface area contributed by atoms with Gasteiger partial charge in [-0.2, -0.15) is 13.2 Å². The van der Waals surface area contributed by atoms with Crippen LogP contribution in [-0.2, 0) is 11.2 Å². The first-order valence-corrected chi connectivity index (χ1v) is 11.6. The first-order valence-electron chi connectivity index (χ1n) is 11.6. The summed E-state index contributed by atoms with van der Waals surface area (Å²) in [5.74, 6) is -0.749. The highest BCUT2D eigenvalue weighted by atomic mass is 19.4. The van der Waals surface area contributed by atoms with Gasteiger partial charge >= 0.3 is 6.18 Å². The molecule has 0 spiro atoms. The van der Waals surface area contributed by atoms with E-state index in [4.69, 9.17) is 0 Å². The molecule has 0 radical (unpaired) electrons. The highest BCUT2D eigenvalue weighted by Crippen LogP contribution is 2.50. The SMILES string of the molecule is O=C(Cc1ccc(Nc2ccnc3[nH]c(=O)c4ccccc4c23)cc1)C1(C(F)(F)F)CCCCC1. The molecule has 5 rings (SSSR count). The number of hydrogen-bond acceptors (Lipinski definition) is 4. The quantitative estimate of drug-likeness (QED) is 0.323. The van der Waals surface area contributed by atoms with Gasteiger partial charge in [-0.1, -0.05) is 49.6 Å². The average molecular weight is 480 g/mol. The van der Waals surface area contributed by atoms with Gasteiger partial charge in [-0.05, 0) is 42.7 Å². The van der Waals surface area contributed by atoms with E-state index in [0.717, 1.165) is 22.9 Å². The molecule has 180 valence electrons. The van der Waals surface area contributed by atoms with E-state index in [1.54, 1.807) is 48.7 Å². The van der Waals surface area contributed by atoms with Crippen LogP contribution in [-0.4, -0.2) is 21.9 Å². The van der Waals surface area contributed by atoms with Crippen LogP contribution >= 0.6 is 0 Å². The molecule has 5 nitrogen and oxygen atoms in total. The smallest absolute Gasteiger partial charge is 0.355 e. The van der Waals surface area contributed by atoms with Crippen molar-refractivity contribution in [3.8, 4) is 0 Å². The third kappa shape index (κ3) is 4.17. The molecular formula is C27H24F3N3O2. The predicted molar refractivity (Wildman–Crippen MR) is 130 cm³/mol. The van der Waals surface area contributed by atoms with Gasteiger partial charge < -0.3 is 10.3 Å². The lowest BCUT2D eigenvalue weighted by atomic mass is 9.69. The molecule has 4 aromatic rings. The van der Waals surface area contributed by atoms with Gasteiger partial charge in [0.15, 0.2) is 5.78 Å². The van der Waals surface area contributed by atoms with E-state index in [1.807, 2.05) is 12.1 Å². The molecular weight excluding hydrogens is 455 g/mol. The highest BCUT2D eigenvalue weighted by Gasteiger charge is 2.58. The number of aromatic amines is 1. The largest absolute Gasteiger partial charge is 0.401 e. The van der Waals surface area contributed by atoms with Crippen molar-refractivity contribution in [3.63, 3.8) is 0 Å². The van der Waals surface area contributed by atoms with Gasteiger partial charge in [-0.15, -0.1) is 0 Å². The summed E-state index contributed by atoms with van der Waals surface area (Å²) >= 11 is 0. The zero-order chi connectivity index (χ0) is 24.6. The Morgan fingerprint density at radius 1 is 0.971 bits per heavy atom. The molecule has 2 aromatic carbocycles. The van der Waals surface area contributed by atoms with Gasteiger partial charge in [0.2, 0.25) is 0 Å². The predicted octanol–water partition coefficient (Wildman–Crippen LogP) is 6.44. The summed E-state index contributed by atoms with van der Waals surface area (Å²) < 4.78 is 41.6. The Morgan fingerprint density at radius 3 is 2.34 bits per heavy atom. The number of pyridine rings is 2. The Hall–Kier alpha value is -3.68. The van der Waals surface area contributed by atoms with Crippen LogP contribution in [0.15, 0.2) is 65.6 Å². The van der Waals surface area contributed by atoms with Gasteiger partial charge in [0.05, 0.1) is 5.69 Å². The van der Waals surface area contributed by atoms with Crippen molar-refractivity contribution < 1.29 is 18.0 Å². The molecule has 0 aliphatic heterocycles. The zero-order valence-corrected chi connectivity index (χ0v) is 18.9. The Labute approximate surface area is 199 Å². The third-order valence-corrected chi connectivity index (χ3v) is 7.01. The fraction of sp³-hybridized carbons (Fsp3) is 0.296. The van der Waals surface area contributed by atoms with Crippen LogP contribution in [0, 0.1) is 5.41 Å². The van der Waals surface area contributed by atoms with Crippen LogP contribution in [0.3, 0.4) is 0 Å².